The molecular formula is C27H30FN3O5S2. The molecule has 11 heteroatoms. The molecule has 0 unspecified atom stereocenters. The van der Waals surface area contributed by atoms with Crippen LogP contribution in [0.2, 0.25) is 0 Å². The molecule has 0 amide bonds. The van der Waals surface area contributed by atoms with E-state index in [1.807, 2.05) is 0 Å². The number of hydrogen-bond donors (Lipinski definition) is 3. The lowest BCUT2D eigenvalue weighted by Gasteiger charge is -2.54. The minimum Gasteiger partial charge on any atom is -0.410 e. The predicted molar refractivity (Wildman–Crippen MR) is 139 cm³/mol. The number of nitrogens with zero attached hydrogens (tertiary/aromatic N) is 1. The van der Waals surface area contributed by atoms with Crippen LogP contribution in [0.5, 0.6) is 0 Å². The lowest BCUT2D eigenvalue weighted by molar-refractivity contribution is -0.00557. The number of alkyl halides is 1. The summed E-state index contributed by atoms with van der Waals surface area (Å²) in [5, 5.41) is 13.3. The van der Waals surface area contributed by atoms with Crippen molar-refractivity contribution in [1.29, 1.82) is 0 Å². The lowest BCUT2D eigenvalue weighted by Crippen LogP contribution is -2.55. The van der Waals surface area contributed by atoms with Crippen molar-refractivity contribution in [3.8, 4) is 11.1 Å². The molecule has 2 aromatic carbocycles. The summed E-state index contributed by atoms with van der Waals surface area (Å²) >= 11 is 0. The smallest absolute Gasteiger partial charge is 0.240 e. The molecule has 0 atom stereocenters. The largest absolute Gasteiger partial charge is 0.410 e. The second-order valence-electron chi connectivity index (χ2n) is 11.8. The molecular weight excluding hydrogens is 529 g/mol. The maximum atomic E-state index is 13.5. The van der Waals surface area contributed by atoms with Crippen LogP contribution in [0.4, 0.5) is 4.39 Å². The van der Waals surface area contributed by atoms with Crippen molar-refractivity contribution in [2.75, 3.05) is 0 Å². The summed E-state index contributed by atoms with van der Waals surface area (Å²) < 4.78 is 71.5. The van der Waals surface area contributed by atoms with Crippen LogP contribution >= 0.6 is 0 Å². The molecule has 0 aliphatic heterocycles. The molecule has 38 heavy (non-hydrogen) atoms. The van der Waals surface area contributed by atoms with Crippen molar-refractivity contribution >= 4 is 25.8 Å². The number of rotatable bonds is 6. The van der Waals surface area contributed by atoms with Crippen LogP contribution in [0.1, 0.15) is 56.1 Å². The van der Waals surface area contributed by atoms with Crippen LogP contribution in [-0.4, -0.2) is 46.0 Å². The van der Waals surface area contributed by atoms with Crippen molar-refractivity contribution in [3.63, 3.8) is 0 Å². The van der Waals surface area contributed by atoms with Crippen molar-refractivity contribution < 1.29 is 26.4 Å². The van der Waals surface area contributed by atoms with Crippen LogP contribution in [-0.2, 0) is 20.0 Å². The van der Waals surface area contributed by atoms with Gasteiger partial charge in [-0.3, -0.25) is 0 Å². The first-order valence-corrected chi connectivity index (χ1v) is 16.3. The third-order valence-electron chi connectivity index (χ3n) is 9.42. The predicted octanol–water partition coefficient (Wildman–Crippen LogP) is 3.78. The van der Waals surface area contributed by atoms with E-state index in [9.17, 15) is 26.4 Å². The van der Waals surface area contributed by atoms with Gasteiger partial charge in [-0.05, 0) is 104 Å². The fourth-order valence-corrected chi connectivity index (χ4v) is 10.5. The molecule has 0 aromatic heterocycles. The summed E-state index contributed by atoms with van der Waals surface area (Å²) in [7, 11) is -7.71. The number of benzene rings is 2. The van der Waals surface area contributed by atoms with Crippen molar-refractivity contribution in [2.24, 2.45) is 28.8 Å². The van der Waals surface area contributed by atoms with Gasteiger partial charge in [-0.15, -0.1) is 0 Å². The van der Waals surface area contributed by atoms with Gasteiger partial charge in [0.05, 0.1) is 9.79 Å². The van der Waals surface area contributed by atoms with Crippen LogP contribution in [0.15, 0.2) is 51.3 Å². The number of sulfonamides is 2. The van der Waals surface area contributed by atoms with Crippen LogP contribution in [0.3, 0.4) is 0 Å². The molecule has 0 heterocycles. The van der Waals surface area contributed by atoms with Crippen LogP contribution in [0, 0.1) is 23.7 Å². The Morgan fingerprint density at radius 3 is 1.68 bits per heavy atom. The Balaban J connectivity index is 1.17. The summed E-state index contributed by atoms with van der Waals surface area (Å²) in [4.78, 5) is 0.0724. The Morgan fingerprint density at radius 1 is 0.711 bits per heavy atom. The zero-order chi connectivity index (χ0) is 26.4. The first kappa shape index (κ1) is 24.7. The summed E-state index contributed by atoms with van der Waals surface area (Å²) in [5.74, 6) is 2.24. The third kappa shape index (κ3) is 3.92. The topological polar surface area (TPSA) is 125 Å². The highest BCUT2D eigenvalue weighted by molar-refractivity contribution is 7.89. The Kier molecular flexibility index (Phi) is 5.57. The van der Waals surface area contributed by atoms with Gasteiger partial charge in [0.1, 0.15) is 11.9 Å². The van der Waals surface area contributed by atoms with E-state index in [0.29, 0.717) is 34.1 Å². The molecule has 5 fully saturated rings. The Labute approximate surface area is 221 Å². The number of hydrogen-bond acceptors (Lipinski definition) is 6. The van der Waals surface area contributed by atoms with Crippen LogP contribution in [0.25, 0.3) is 11.1 Å². The maximum Gasteiger partial charge on any atom is 0.240 e. The van der Waals surface area contributed by atoms with E-state index in [1.54, 1.807) is 18.2 Å². The van der Waals surface area contributed by atoms with E-state index < -0.39 is 32.3 Å². The van der Waals surface area contributed by atoms with Gasteiger partial charge in [0.25, 0.3) is 0 Å². The zero-order valence-electron chi connectivity index (χ0n) is 20.7. The molecule has 8 nitrogen and oxygen atoms in total. The fraction of sp³-hybridized carbons (Fsp3) is 0.519. The van der Waals surface area contributed by atoms with Crippen molar-refractivity contribution in [2.45, 2.75) is 73.0 Å². The molecule has 0 spiro atoms. The molecule has 8 rings (SSSR count). The van der Waals surface area contributed by atoms with E-state index >= 15 is 0 Å². The first-order chi connectivity index (χ1) is 18.1. The first-order valence-electron chi connectivity index (χ1n) is 13.3. The van der Waals surface area contributed by atoms with Gasteiger partial charge in [-0.1, -0.05) is 17.3 Å². The third-order valence-corrected chi connectivity index (χ3v) is 12.4. The quantitative estimate of drug-likeness (QED) is 0.313. The monoisotopic (exact) mass is 559 g/mol. The number of oxime groups is 1. The average molecular weight is 560 g/mol. The highest BCUT2D eigenvalue weighted by Crippen LogP contribution is 2.54. The molecule has 6 aliphatic carbocycles. The van der Waals surface area contributed by atoms with E-state index in [4.69, 9.17) is 0 Å². The average Bonchev–Trinajstić information content (AvgIpc) is 3.17. The Hall–Kier alpha value is -2.34. The Morgan fingerprint density at radius 2 is 1.21 bits per heavy atom. The van der Waals surface area contributed by atoms with E-state index in [2.05, 4.69) is 14.6 Å². The molecule has 5 saturated carbocycles. The Bertz CT molecular complexity index is 1540. The van der Waals surface area contributed by atoms with Gasteiger partial charge in [0, 0.05) is 23.2 Å². The molecule has 0 radical (unpaired) electrons. The van der Waals surface area contributed by atoms with Gasteiger partial charge in [0.2, 0.25) is 20.0 Å². The number of nitrogens with one attached hydrogen (secondary N) is 2. The minimum atomic E-state index is -3.90. The summed E-state index contributed by atoms with van der Waals surface area (Å²) in [6, 6.07) is 8.74. The molecule has 2 aromatic rings. The second kappa shape index (κ2) is 8.58. The van der Waals surface area contributed by atoms with Crippen molar-refractivity contribution in [1.82, 2.24) is 9.44 Å². The highest BCUT2D eigenvalue weighted by Gasteiger charge is 2.49. The molecule has 4 bridgehead atoms. The van der Waals surface area contributed by atoms with E-state index in [0.717, 1.165) is 37.5 Å². The van der Waals surface area contributed by atoms with Gasteiger partial charge >= 0.3 is 0 Å². The van der Waals surface area contributed by atoms with E-state index in [-0.39, 0.29) is 34.4 Å². The van der Waals surface area contributed by atoms with Gasteiger partial charge in [0.15, 0.2) is 0 Å². The minimum absolute atomic E-state index is 0.0242. The lowest BCUT2D eigenvalue weighted by atomic mass is 9.54. The SMILES string of the molecule is O=S(=O)(NC1CC(F)C1)c1ccc2c(c1)/C(=N\O)c1cc(S(=O)(=O)NC3C4CC5CC(C4)CC3C5)ccc1-2. The number of fused-ring (bicyclic) bond motifs is 3. The van der Waals surface area contributed by atoms with Gasteiger partial charge < -0.3 is 5.21 Å². The number of halogens is 1. The summed E-state index contributed by atoms with van der Waals surface area (Å²) in [6.45, 7) is 0. The highest BCUT2D eigenvalue weighted by atomic mass is 32.2. The summed E-state index contributed by atoms with van der Waals surface area (Å²) in [6.07, 6.45) is 4.97. The molecule has 0 saturated heterocycles. The zero-order valence-corrected chi connectivity index (χ0v) is 22.3. The van der Waals surface area contributed by atoms with Crippen molar-refractivity contribution in [3.05, 3.63) is 47.5 Å². The fourth-order valence-electron chi connectivity index (χ4n) is 7.79. The molecule has 3 N–H and O–H groups in total. The standard InChI is InChI=1S/C27H30FN3O5S2/c28-18-10-19(11-18)30-37(33,34)20-1-3-22-23-4-2-21(13-25(23)27(29-32)24(22)12-20)38(35,36)31-26-16-6-14-5-15(8-16)9-17(26)7-14/h1-4,12-19,26,30-32H,5-11H2/b29-27+. The normalized spacial score (nSPS) is 34.2. The molecule has 202 valence electrons. The van der Waals surface area contributed by atoms with Gasteiger partial charge in [-0.25, -0.2) is 30.7 Å². The van der Waals surface area contributed by atoms with Gasteiger partial charge in [-0.2, -0.15) is 0 Å². The maximum absolute atomic E-state index is 13.5. The van der Waals surface area contributed by atoms with Crippen LogP contribution < -0.4 is 9.44 Å². The second-order valence-corrected chi connectivity index (χ2v) is 15.3. The van der Waals surface area contributed by atoms with E-state index in [1.165, 1.54) is 24.6 Å². The summed E-state index contributed by atoms with van der Waals surface area (Å²) in [5.41, 5.74) is 2.25. The molecule has 6 aliphatic rings.